The van der Waals surface area contributed by atoms with Crippen molar-refractivity contribution < 1.29 is 4.57 Å². The van der Waals surface area contributed by atoms with Crippen molar-refractivity contribution in [2.45, 2.75) is 20.0 Å². The largest absolute Gasteiger partial charge is 0.324 e. The molecule has 0 radical (unpaired) electrons. The lowest BCUT2D eigenvalue weighted by Crippen LogP contribution is -1.84. The second-order valence-corrected chi connectivity index (χ2v) is 7.74. The van der Waals surface area contributed by atoms with Crippen molar-refractivity contribution >= 4 is 23.1 Å². The Morgan fingerprint density at radius 1 is 1.14 bits per heavy atom. The van der Waals surface area contributed by atoms with Gasteiger partial charge in [-0.15, -0.1) is 0 Å². The molecule has 0 bridgehead atoms. The molecule has 3 heteroatoms. The lowest BCUT2D eigenvalue weighted by Gasteiger charge is -2.05. The van der Waals surface area contributed by atoms with Crippen LogP contribution in [0.2, 0.25) is 0 Å². The average Bonchev–Trinajstić information content (AvgIpc) is 2.10. The van der Waals surface area contributed by atoms with Crippen LogP contribution in [0.3, 0.4) is 0 Å². The minimum atomic E-state index is -1.92. The Labute approximate surface area is 95.4 Å². The zero-order valence-electron chi connectivity index (χ0n) is 9.25. The number of hydrogen-bond acceptors (Lipinski definition) is 1. The summed E-state index contributed by atoms with van der Waals surface area (Å²) in [6, 6.07) is 7.96. The third kappa shape index (κ3) is 6.39. The fraction of sp³-hybridized carbons (Fsp3) is 0.455. The Kier molecular flexibility index (Phi) is 6.39. The van der Waals surface area contributed by atoms with Gasteiger partial charge >= 0.3 is 0 Å². The van der Waals surface area contributed by atoms with Crippen LogP contribution in [0.25, 0.3) is 0 Å². The van der Waals surface area contributed by atoms with Gasteiger partial charge in [0, 0.05) is 10.6 Å². The normalized spacial score (nSPS) is 10.4. The maximum Gasteiger partial charge on any atom is 0.0861 e. The van der Waals surface area contributed by atoms with Crippen LogP contribution in [0.5, 0.6) is 0 Å². The predicted molar refractivity (Wildman–Crippen MR) is 68.6 cm³/mol. The van der Waals surface area contributed by atoms with E-state index in [0.717, 1.165) is 10.0 Å². The first-order valence-electron chi connectivity index (χ1n) is 4.76. The molecule has 80 valence electrons. The van der Waals surface area contributed by atoms with E-state index in [-0.39, 0.29) is 0 Å². The maximum atomic E-state index is 11.5. The molecule has 0 N–H and O–H groups in total. The lowest BCUT2D eigenvalue weighted by molar-refractivity contribution is 0.582. The molecule has 0 aliphatic rings. The third-order valence-electron chi connectivity index (χ3n) is 1.48. The van der Waals surface area contributed by atoms with Crippen LogP contribution in [0, 0.1) is 0 Å². The van der Waals surface area contributed by atoms with Crippen molar-refractivity contribution in [2.24, 2.45) is 0 Å². The molecule has 0 atom stereocenters. The van der Waals surface area contributed by atoms with Crippen molar-refractivity contribution in [2.75, 3.05) is 13.3 Å². The second kappa shape index (κ2) is 6.42. The summed E-state index contributed by atoms with van der Waals surface area (Å²) >= 11 is 3.36. The molecule has 0 unspecified atom stereocenters. The summed E-state index contributed by atoms with van der Waals surface area (Å²) in [6.45, 7) is 7.63. The Morgan fingerprint density at radius 3 is 1.93 bits per heavy atom. The summed E-state index contributed by atoms with van der Waals surface area (Å²) in [7, 11) is -1.92. The fourth-order valence-electron chi connectivity index (χ4n) is 1.03. The van der Waals surface area contributed by atoms with Crippen molar-refractivity contribution in [1.29, 1.82) is 0 Å². The van der Waals surface area contributed by atoms with Crippen LogP contribution in [0.1, 0.15) is 19.4 Å². The highest BCUT2D eigenvalue weighted by Gasteiger charge is 2.07. The van der Waals surface area contributed by atoms with Crippen LogP contribution >= 0.6 is 23.1 Å². The molecule has 14 heavy (non-hydrogen) atoms. The molecule has 0 spiro atoms. The molecule has 1 rings (SSSR count). The van der Waals surface area contributed by atoms with Crippen LogP contribution in [0.15, 0.2) is 28.7 Å². The van der Waals surface area contributed by atoms with Gasteiger partial charge in [-0.05, 0) is 31.0 Å². The molecule has 0 amide bonds. The summed E-state index contributed by atoms with van der Waals surface area (Å²) < 4.78 is 12.5. The summed E-state index contributed by atoms with van der Waals surface area (Å²) in [4.78, 5) is 0. The smallest absolute Gasteiger partial charge is 0.0861 e. The number of benzene rings is 1. The van der Waals surface area contributed by atoms with Crippen LogP contribution in [0.4, 0.5) is 0 Å². The standard InChI is InChI=1S/C9H12BrOP.C2H6/c1-12(2,11)7-8-3-5-9(10)6-4-8;1-2/h3-6H,7H2,1-2H3;1-2H3. The molecule has 0 saturated heterocycles. The first-order valence-corrected chi connectivity index (χ1v) is 8.34. The van der Waals surface area contributed by atoms with Gasteiger partial charge in [-0.25, -0.2) is 0 Å². The van der Waals surface area contributed by atoms with E-state index in [1.54, 1.807) is 0 Å². The van der Waals surface area contributed by atoms with E-state index in [9.17, 15) is 4.57 Å². The highest BCUT2D eigenvalue weighted by molar-refractivity contribution is 9.10. The van der Waals surface area contributed by atoms with E-state index in [0.29, 0.717) is 6.16 Å². The van der Waals surface area contributed by atoms with E-state index in [1.807, 2.05) is 51.4 Å². The quantitative estimate of drug-likeness (QED) is 0.722. The first kappa shape index (κ1) is 13.9. The Balaban J connectivity index is 0.000000791. The molecule has 1 nitrogen and oxygen atoms in total. The molecular weight excluding hydrogens is 259 g/mol. The van der Waals surface area contributed by atoms with E-state index in [1.165, 1.54) is 0 Å². The van der Waals surface area contributed by atoms with Crippen molar-refractivity contribution in [3.05, 3.63) is 34.3 Å². The van der Waals surface area contributed by atoms with Gasteiger partial charge in [0.1, 0.15) is 0 Å². The number of rotatable bonds is 2. The number of hydrogen-bond donors (Lipinski definition) is 0. The van der Waals surface area contributed by atoms with Crippen molar-refractivity contribution in [1.82, 2.24) is 0 Å². The van der Waals surface area contributed by atoms with Crippen LogP contribution in [-0.2, 0) is 10.7 Å². The van der Waals surface area contributed by atoms with Gasteiger partial charge < -0.3 is 4.57 Å². The summed E-state index contributed by atoms with van der Waals surface area (Å²) in [6.07, 6.45) is 0.695. The minimum absolute atomic E-state index is 0.695. The number of halogens is 1. The van der Waals surface area contributed by atoms with E-state index < -0.39 is 7.14 Å². The Hall–Kier alpha value is -0.0700. The van der Waals surface area contributed by atoms with Crippen LogP contribution in [-0.4, -0.2) is 13.3 Å². The first-order chi connectivity index (χ1) is 6.47. The van der Waals surface area contributed by atoms with Gasteiger partial charge in [-0.2, -0.15) is 0 Å². The molecule has 0 fully saturated rings. The molecule has 0 aliphatic carbocycles. The van der Waals surface area contributed by atoms with Crippen molar-refractivity contribution in [3.8, 4) is 0 Å². The summed E-state index contributed by atoms with van der Waals surface area (Å²) in [5.41, 5.74) is 1.14. The average molecular weight is 277 g/mol. The SMILES string of the molecule is CC.CP(C)(=O)Cc1ccc(Br)cc1. The van der Waals surface area contributed by atoms with E-state index >= 15 is 0 Å². The maximum absolute atomic E-state index is 11.5. The summed E-state index contributed by atoms with van der Waals surface area (Å²) in [5.74, 6) is 0. The third-order valence-corrected chi connectivity index (χ3v) is 3.13. The molecule has 0 saturated carbocycles. The minimum Gasteiger partial charge on any atom is -0.324 e. The second-order valence-electron chi connectivity index (χ2n) is 3.36. The molecule has 0 heterocycles. The Morgan fingerprint density at radius 2 is 1.57 bits per heavy atom. The van der Waals surface area contributed by atoms with Gasteiger partial charge in [0.05, 0.1) is 7.14 Å². The zero-order chi connectivity index (χ0) is 11.2. The highest BCUT2D eigenvalue weighted by Crippen LogP contribution is 2.40. The molecule has 1 aromatic carbocycles. The van der Waals surface area contributed by atoms with Crippen molar-refractivity contribution in [3.63, 3.8) is 0 Å². The fourth-order valence-corrected chi connectivity index (χ4v) is 2.38. The van der Waals surface area contributed by atoms with Crippen LogP contribution < -0.4 is 0 Å². The predicted octanol–water partition coefficient (Wildman–Crippen LogP) is 4.60. The molecule has 1 aromatic rings. The van der Waals surface area contributed by atoms with Gasteiger partial charge in [0.15, 0.2) is 0 Å². The van der Waals surface area contributed by atoms with E-state index in [2.05, 4.69) is 15.9 Å². The van der Waals surface area contributed by atoms with E-state index in [4.69, 9.17) is 0 Å². The lowest BCUT2D eigenvalue weighted by atomic mass is 10.2. The Bertz CT molecular complexity index is 300. The molecule has 0 aromatic heterocycles. The highest BCUT2D eigenvalue weighted by atomic mass is 79.9. The van der Waals surface area contributed by atoms with Gasteiger partial charge in [0.2, 0.25) is 0 Å². The van der Waals surface area contributed by atoms with Gasteiger partial charge in [0.25, 0.3) is 0 Å². The summed E-state index contributed by atoms with van der Waals surface area (Å²) in [5, 5.41) is 0. The molecule has 0 aliphatic heterocycles. The van der Waals surface area contributed by atoms with Gasteiger partial charge in [-0.1, -0.05) is 41.9 Å². The topological polar surface area (TPSA) is 17.1 Å². The van der Waals surface area contributed by atoms with Gasteiger partial charge in [-0.3, -0.25) is 0 Å². The monoisotopic (exact) mass is 276 g/mol. The molecular formula is C11H18BrOP. The zero-order valence-corrected chi connectivity index (χ0v) is 11.7.